The van der Waals surface area contributed by atoms with E-state index < -0.39 is 40.7 Å². The molecule has 0 spiro atoms. The van der Waals surface area contributed by atoms with Gasteiger partial charge in [-0.2, -0.15) is 13.2 Å². The Bertz CT molecular complexity index is 690. The van der Waals surface area contributed by atoms with Crippen LogP contribution < -0.4 is 4.90 Å². The summed E-state index contributed by atoms with van der Waals surface area (Å²) >= 11 is 0. The zero-order chi connectivity index (χ0) is 20.2. The van der Waals surface area contributed by atoms with E-state index >= 15 is 0 Å². The molecule has 0 radical (unpaired) electrons. The van der Waals surface area contributed by atoms with E-state index in [0.717, 1.165) is 12.1 Å². The Hall–Kier alpha value is -2.36. The van der Waals surface area contributed by atoms with Crippen molar-refractivity contribution in [3.8, 4) is 0 Å². The quantitative estimate of drug-likeness (QED) is 0.563. The van der Waals surface area contributed by atoms with Crippen LogP contribution in [0.25, 0.3) is 0 Å². The van der Waals surface area contributed by atoms with Crippen LogP contribution in [0, 0.1) is 10.1 Å². The van der Waals surface area contributed by atoms with E-state index in [2.05, 4.69) is 0 Å². The zero-order valence-corrected chi connectivity index (χ0v) is 14.7. The average molecular weight is 390 g/mol. The molecule has 1 aromatic rings. The molecule has 10 heteroatoms. The number of nitro benzene ring substituents is 1. The maximum absolute atomic E-state index is 13.3. The lowest BCUT2D eigenvalue weighted by Crippen LogP contribution is -2.39. The summed E-state index contributed by atoms with van der Waals surface area (Å²) in [6, 6.07) is 3.25. The van der Waals surface area contributed by atoms with Gasteiger partial charge >= 0.3 is 12.1 Å². The highest BCUT2D eigenvalue weighted by molar-refractivity contribution is 5.69. The minimum Gasteiger partial charge on any atom is -0.481 e. The number of carboxylic acid groups (broad SMARTS) is 1. The van der Waals surface area contributed by atoms with Crippen molar-refractivity contribution in [2.45, 2.75) is 44.3 Å². The Kier molecular flexibility index (Phi) is 6.63. The van der Waals surface area contributed by atoms with Crippen LogP contribution in [0.3, 0.4) is 0 Å². The van der Waals surface area contributed by atoms with Crippen LogP contribution in [0.15, 0.2) is 18.2 Å². The van der Waals surface area contributed by atoms with Crippen molar-refractivity contribution >= 4 is 17.3 Å². The van der Waals surface area contributed by atoms with Crippen LogP contribution in [0.5, 0.6) is 0 Å². The molecular weight excluding hydrogens is 369 g/mol. The van der Waals surface area contributed by atoms with E-state index in [-0.39, 0.29) is 11.7 Å². The maximum atomic E-state index is 13.3. The van der Waals surface area contributed by atoms with Crippen LogP contribution in [-0.4, -0.2) is 48.0 Å². The standard InChI is InChI=1S/C17H21F3N2O5/c1-2-21(12-5-7-27-8-6-12)14-4-3-11(9-15(14)22(25)26)13(10-16(23)24)17(18,19)20/h3-4,9,12-13H,2,5-8,10H2,1H3,(H,23,24). The molecule has 1 saturated heterocycles. The van der Waals surface area contributed by atoms with Gasteiger partial charge in [-0.15, -0.1) is 0 Å². The third-order valence-corrected chi connectivity index (χ3v) is 4.65. The number of benzene rings is 1. The van der Waals surface area contributed by atoms with E-state index in [1.54, 1.807) is 4.90 Å². The highest BCUT2D eigenvalue weighted by Crippen LogP contribution is 2.41. The van der Waals surface area contributed by atoms with Gasteiger partial charge in [-0.05, 0) is 31.4 Å². The summed E-state index contributed by atoms with van der Waals surface area (Å²) in [7, 11) is 0. The summed E-state index contributed by atoms with van der Waals surface area (Å²) < 4.78 is 45.1. The Balaban J connectivity index is 2.46. The van der Waals surface area contributed by atoms with Gasteiger partial charge in [0.05, 0.1) is 17.3 Å². The highest BCUT2D eigenvalue weighted by Gasteiger charge is 2.43. The van der Waals surface area contributed by atoms with Gasteiger partial charge in [0.1, 0.15) is 5.69 Å². The molecule has 0 aliphatic carbocycles. The number of carboxylic acids is 1. The maximum Gasteiger partial charge on any atom is 0.396 e. The first kappa shape index (κ1) is 20.9. The third kappa shape index (κ3) is 5.09. The van der Waals surface area contributed by atoms with Crippen molar-refractivity contribution in [2.75, 3.05) is 24.7 Å². The molecule has 1 aliphatic rings. The largest absolute Gasteiger partial charge is 0.481 e. The number of aliphatic carboxylic acids is 1. The number of rotatable bonds is 7. The fraction of sp³-hybridized carbons (Fsp3) is 0.588. The predicted octanol–water partition coefficient (Wildman–Crippen LogP) is 3.72. The molecule has 1 aromatic carbocycles. The average Bonchev–Trinajstić information content (AvgIpc) is 2.60. The van der Waals surface area contributed by atoms with E-state index in [9.17, 15) is 28.1 Å². The fourth-order valence-electron chi connectivity index (χ4n) is 3.37. The second-order valence-electron chi connectivity index (χ2n) is 6.33. The molecule has 27 heavy (non-hydrogen) atoms. The van der Waals surface area contributed by atoms with Gasteiger partial charge in [0.25, 0.3) is 5.69 Å². The monoisotopic (exact) mass is 390 g/mol. The summed E-state index contributed by atoms with van der Waals surface area (Å²) in [6.45, 7) is 3.29. The van der Waals surface area contributed by atoms with Crippen LogP contribution in [0.2, 0.25) is 0 Å². The lowest BCUT2D eigenvalue weighted by atomic mass is 9.93. The smallest absolute Gasteiger partial charge is 0.396 e. The summed E-state index contributed by atoms with van der Waals surface area (Å²) in [5, 5.41) is 20.3. The second-order valence-corrected chi connectivity index (χ2v) is 6.33. The third-order valence-electron chi connectivity index (χ3n) is 4.65. The number of halogens is 3. The number of nitro groups is 1. The molecule has 1 N–H and O–H groups in total. The number of nitrogens with zero attached hydrogens (tertiary/aromatic N) is 2. The minimum atomic E-state index is -4.82. The van der Waals surface area contributed by atoms with E-state index in [1.807, 2.05) is 6.92 Å². The van der Waals surface area contributed by atoms with E-state index in [1.165, 1.54) is 6.07 Å². The van der Waals surface area contributed by atoms with Crippen LogP contribution in [0.4, 0.5) is 24.5 Å². The molecule has 0 aromatic heterocycles. The summed E-state index contributed by atoms with van der Waals surface area (Å²) in [5.74, 6) is -3.93. The van der Waals surface area contributed by atoms with E-state index in [4.69, 9.17) is 9.84 Å². The van der Waals surface area contributed by atoms with Gasteiger partial charge in [0.15, 0.2) is 0 Å². The van der Waals surface area contributed by atoms with Crippen molar-refractivity contribution in [1.82, 2.24) is 0 Å². The first-order valence-corrected chi connectivity index (χ1v) is 8.56. The lowest BCUT2D eigenvalue weighted by Gasteiger charge is -2.35. The SMILES string of the molecule is CCN(c1ccc(C(CC(=O)O)C(F)(F)F)cc1[N+](=O)[O-])C1CCOCC1. The Morgan fingerprint density at radius 3 is 2.52 bits per heavy atom. The Labute approximate surface area is 153 Å². The molecule has 1 heterocycles. The molecule has 0 saturated carbocycles. The van der Waals surface area contributed by atoms with Crippen molar-refractivity contribution in [3.63, 3.8) is 0 Å². The molecule has 1 fully saturated rings. The van der Waals surface area contributed by atoms with E-state index in [0.29, 0.717) is 32.6 Å². The van der Waals surface area contributed by atoms with Gasteiger partial charge < -0.3 is 14.7 Å². The van der Waals surface area contributed by atoms with Crippen molar-refractivity contribution < 1.29 is 32.7 Å². The summed E-state index contributed by atoms with van der Waals surface area (Å²) in [4.78, 5) is 23.4. The summed E-state index contributed by atoms with van der Waals surface area (Å²) in [5.41, 5.74) is -0.654. The van der Waals surface area contributed by atoms with Gasteiger partial charge in [0, 0.05) is 31.9 Å². The second kappa shape index (κ2) is 8.55. The normalized spacial score (nSPS) is 16.7. The van der Waals surface area contributed by atoms with Gasteiger partial charge in [-0.1, -0.05) is 6.07 Å². The topological polar surface area (TPSA) is 92.9 Å². The fourth-order valence-corrected chi connectivity index (χ4v) is 3.37. The summed E-state index contributed by atoms with van der Waals surface area (Å²) in [6.07, 6.45) is -4.68. The number of hydrogen-bond acceptors (Lipinski definition) is 5. The molecule has 1 aliphatic heterocycles. The van der Waals surface area contributed by atoms with Crippen molar-refractivity contribution in [2.24, 2.45) is 0 Å². The lowest BCUT2D eigenvalue weighted by molar-refractivity contribution is -0.384. The molecule has 1 unspecified atom stereocenters. The van der Waals surface area contributed by atoms with Gasteiger partial charge in [0.2, 0.25) is 0 Å². The highest BCUT2D eigenvalue weighted by atomic mass is 19.4. The predicted molar refractivity (Wildman–Crippen MR) is 91.0 cm³/mol. The number of hydrogen-bond donors (Lipinski definition) is 1. The molecule has 0 bridgehead atoms. The van der Waals surface area contributed by atoms with Crippen molar-refractivity contribution in [1.29, 1.82) is 0 Å². The van der Waals surface area contributed by atoms with Gasteiger partial charge in [-0.3, -0.25) is 14.9 Å². The molecule has 1 atom stereocenters. The number of carbonyl (C=O) groups is 1. The molecule has 0 amide bonds. The molecule has 7 nitrogen and oxygen atoms in total. The van der Waals surface area contributed by atoms with Crippen LogP contribution >= 0.6 is 0 Å². The number of ether oxygens (including phenoxy) is 1. The number of anilines is 1. The van der Waals surface area contributed by atoms with Crippen LogP contribution in [0.1, 0.15) is 37.7 Å². The minimum absolute atomic E-state index is 0.00858. The van der Waals surface area contributed by atoms with Gasteiger partial charge in [-0.25, -0.2) is 0 Å². The van der Waals surface area contributed by atoms with Crippen molar-refractivity contribution in [3.05, 3.63) is 33.9 Å². The molecule has 150 valence electrons. The number of alkyl halides is 3. The Morgan fingerprint density at radius 2 is 2.04 bits per heavy atom. The molecular formula is C17H21F3N2O5. The Morgan fingerprint density at radius 1 is 1.41 bits per heavy atom. The first-order chi connectivity index (χ1) is 12.6. The molecule has 2 rings (SSSR count). The zero-order valence-electron chi connectivity index (χ0n) is 14.7. The first-order valence-electron chi connectivity index (χ1n) is 8.56. The van der Waals surface area contributed by atoms with Crippen LogP contribution in [-0.2, 0) is 9.53 Å².